The third-order valence-electron chi connectivity index (χ3n) is 9.45. The van der Waals surface area contributed by atoms with Crippen LogP contribution in [-0.2, 0) is 0 Å². The smallest absolute Gasteiger partial charge is 0.292 e. The van der Waals surface area contributed by atoms with Crippen LogP contribution in [0.2, 0.25) is 0 Å². The van der Waals surface area contributed by atoms with Gasteiger partial charge in [-0.25, -0.2) is 9.97 Å². The Bertz CT molecular complexity index is 2730. The fraction of sp³-hybridized carbons (Fsp3) is 0. The first-order valence-electron chi connectivity index (χ1n) is 16.9. The van der Waals surface area contributed by atoms with Crippen molar-refractivity contribution in [2.24, 2.45) is 0 Å². The minimum Gasteiger partial charge on any atom is -0.393 e. The van der Waals surface area contributed by atoms with Gasteiger partial charge in [0.25, 0.3) is 5.69 Å². The third kappa shape index (κ3) is 5.35. The van der Waals surface area contributed by atoms with E-state index in [1.807, 2.05) is 78.9 Å². The van der Waals surface area contributed by atoms with Crippen molar-refractivity contribution >= 4 is 57.7 Å². The summed E-state index contributed by atoms with van der Waals surface area (Å²) < 4.78 is 0. The van der Waals surface area contributed by atoms with Crippen molar-refractivity contribution in [2.45, 2.75) is 0 Å². The first-order chi connectivity index (χ1) is 25.5. The van der Waals surface area contributed by atoms with Crippen molar-refractivity contribution in [1.82, 2.24) is 19.9 Å². The Labute approximate surface area is 298 Å². The summed E-state index contributed by atoms with van der Waals surface area (Å²) in [6, 6.07) is 43.8. The average Bonchev–Trinajstić information content (AvgIpc) is 4.01. The molecular formula is C44H30N6O2. The summed E-state index contributed by atoms with van der Waals surface area (Å²) in [4.78, 5) is 29.2. The van der Waals surface area contributed by atoms with Gasteiger partial charge in [-0.15, -0.1) is 0 Å². The molecule has 2 aliphatic rings. The molecule has 0 unspecified atom stereocenters. The van der Waals surface area contributed by atoms with Gasteiger partial charge in [0.05, 0.1) is 27.7 Å². The molecule has 248 valence electrons. The Morgan fingerprint density at radius 3 is 1.13 bits per heavy atom. The molecule has 8 nitrogen and oxygen atoms in total. The zero-order chi connectivity index (χ0) is 35.2. The molecule has 0 fully saturated rings. The van der Waals surface area contributed by atoms with Crippen LogP contribution in [-0.4, -0.2) is 24.9 Å². The average molecular weight is 675 g/mol. The number of nitrogens with zero attached hydrogens (tertiary/aromatic N) is 3. The Morgan fingerprint density at radius 1 is 0.462 bits per heavy atom. The molecule has 9 rings (SSSR count). The van der Waals surface area contributed by atoms with Gasteiger partial charge in [-0.2, -0.15) is 0 Å². The normalized spacial score (nSPS) is 11.9. The molecule has 0 amide bonds. The molecule has 8 heteroatoms. The van der Waals surface area contributed by atoms with Gasteiger partial charge in [-0.3, -0.25) is 10.1 Å². The van der Waals surface area contributed by atoms with Crippen LogP contribution < -0.4 is 5.73 Å². The van der Waals surface area contributed by atoms with Gasteiger partial charge in [-0.05, 0) is 83.0 Å². The van der Waals surface area contributed by atoms with E-state index >= 15 is 0 Å². The Kier molecular flexibility index (Phi) is 7.40. The number of nitro groups is 1. The van der Waals surface area contributed by atoms with E-state index in [0.717, 1.165) is 78.1 Å². The molecule has 8 bridgehead atoms. The molecule has 7 aromatic rings. The largest absolute Gasteiger partial charge is 0.393 e. The maximum atomic E-state index is 11.7. The number of rotatable bonds is 5. The fourth-order valence-electron chi connectivity index (χ4n) is 7.11. The highest BCUT2D eigenvalue weighted by atomic mass is 16.6. The number of anilines is 1. The van der Waals surface area contributed by atoms with Crippen molar-refractivity contribution in [3.63, 3.8) is 0 Å². The van der Waals surface area contributed by atoms with Gasteiger partial charge in [0.1, 0.15) is 5.69 Å². The predicted octanol–water partition coefficient (Wildman–Crippen LogP) is 10.8. The molecule has 0 atom stereocenters. The predicted molar refractivity (Wildman–Crippen MR) is 212 cm³/mol. The molecule has 2 aliphatic heterocycles. The molecule has 5 heterocycles. The monoisotopic (exact) mass is 674 g/mol. The van der Waals surface area contributed by atoms with Gasteiger partial charge < -0.3 is 15.7 Å². The van der Waals surface area contributed by atoms with Crippen LogP contribution in [0.3, 0.4) is 0 Å². The van der Waals surface area contributed by atoms with Gasteiger partial charge in [0.2, 0.25) is 0 Å². The fourth-order valence-corrected chi connectivity index (χ4v) is 7.11. The lowest BCUT2D eigenvalue weighted by atomic mass is 10.0. The molecule has 0 spiro atoms. The lowest BCUT2D eigenvalue weighted by Gasteiger charge is -2.07. The van der Waals surface area contributed by atoms with Gasteiger partial charge in [0, 0.05) is 50.4 Å². The Hall–Kier alpha value is -7.32. The molecule has 4 aromatic carbocycles. The number of hydrogen-bond acceptors (Lipinski definition) is 5. The second kappa shape index (κ2) is 12.5. The highest BCUT2D eigenvalue weighted by molar-refractivity contribution is 6.00. The number of nitro benzene ring substituents is 1. The first-order valence-corrected chi connectivity index (χ1v) is 16.9. The van der Waals surface area contributed by atoms with Crippen molar-refractivity contribution in [3.05, 3.63) is 166 Å². The van der Waals surface area contributed by atoms with Crippen molar-refractivity contribution in [2.75, 3.05) is 5.73 Å². The number of fused-ring (bicyclic) bond motifs is 8. The standard InChI is InChI=1S/C44H30N6O2/c45-31-26-30(16-25-40(31)50(51)52)44-38-23-21-36(48-38)42(28-12-6-2-7-13-28)34-19-17-32(46-34)41(27-10-4-1-5-11-27)33-18-20-35(47-33)43(29-14-8-3-9-15-29)37-22-24-39(44)49-37/h1-26,46,49H,45H2. The summed E-state index contributed by atoms with van der Waals surface area (Å²) in [7, 11) is 0. The van der Waals surface area contributed by atoms with E-state index in [2.05, 4.69) is 70.7 Å². The molecule has 4 N–H and O–H groups in total. The molecule has 0 saturated heterocycles. The van der Waals surface area contributed by atoms with Gasteiger partial charge >= 0.3 is 0 Å². The van der Waals surface area contributed by atoms with Crippen molar-refractivity contribution in [3.8, 4) is 44.5 Å². The van der Waals surface area contributed by atoms with E-state index in [-0.39, 0.29) is 11.4 Å². The summed E-state index contributed by atoms with van der Waals surface area (Å²) in [5, 5.41) is 11.7. The highest BCUT2D eigenvalue weighted by Gasteiger charge is 2.20. The molecule has 52 heavy (non-hydrogen) atoms. The van der Waals surface area contributed by atoms with E-state index in [1.165, 1.54) is 6.07 Å². The van der Waals surface area contributed by atoms with Crippen LogP contribution in [0.25, 0.3) is 90.9 Å². The van der Waals surface area contributed by atoms with Crippen LogP contribution in [0.15, 0.2) is 133 Å². The molecule has 3 aromatic heterocycles. The zero-order valence-electron chi connectivity index (χ0n) is 27.7. The SMILES string of the molecule is Nc1cc(-c2c3nc(c(-c4ccccc4)c4ccc([nH]4)c(-c4ccccc4)c4nc(c(-c5ccccc5)c5ccc2[nH]5)C=C4)C=C3)ccc1[N+](=O)[O-]. The van der Waals surface area contributed by atoms with Crippen LogP contribution in [0.1, 0.15) is 22.8 Å². The summed E-state index contributed by atoms with van der Waals surface area (Å²) in [5.74, 6) is 0. The maximum absolute atomic E-state index is 11.7. The Morgan fingerprint density at radius 2 is 0.808 bits per heavy atom. The summed E-state index contributed by atoms with van der Waals surface area (Å²) in [6.45, 7) is 0. The lowest BCUT2D eigenvalue weighted by molar-refractivity contribution is -0.383. The van der Waals surface area contributed by atoms with Crippen LogP contribution >= 0.6 is 0 Å². The van der Waals surface area contributed by atoms with Crippen LogP contribution in [0.4, 0.5) is 11.4 Å². The van der Waals surface area contributed by atoms with E-state index in [1.54, 1.807) is 12.1 Å². The minimum absolute atomic E-state index is 0.0756. The van der Waals surface area contributed by atoms with Gasteiger partial charge in [0.15, 0.2) is 0 Å². The zero-order valence-corrected chi connectivity index (χ0v) is 27.7. The third-order valence-corrected chi connectivity index (χ3v) is 9.45. The van der Waals surface area contributed by atoms with Crippen LogP contribution in [0.5, 0.6) is 0 Å². The first kappa shape index (κ1) is 30.7. The number of nitrogen functional groups attached to an aromatic ring is 1. The minimum atomic E-state index is -0.469. The Balaban J connectivity index is 1.47. The summed E-state index contributed by atoms with van der Waals surface area (Å²) in [5.41, 5.74) is 20.1. The molecule has 0 aliphatic carbocycles. The molecule has 0 radical (unpaired) electrons. The number of nitrogens with two attached hydrogens (primary N) is 1. The van der Waals surface area contributed by atoms with E-state index < -0.39 is 4.92 Å². The topological polar surface area (TPSA) is 127 Å². The van der Waals surface area contributed by atoms with E-state index in [4.69, 9.17) is 15.7 Å². The molecular weight excluding hydrogens is 645 g/mol. The number of aromatic amines is 2. The van der Waals surface area contributed by atoms with E-state index in [9.17, 15) is 10.1 Å². The molecule has 0 saturated carbocycles. The van der Waals surface area contributed by atoms with Crippen molar-refractivity contribution < 1.29 is 4.92 Å². The highest BCUT2D eigenvalue weighted by Crippen LogP contribution is 2.39. The number of hydrogen-bond donors (Lipinski definition) is 3. The maximum Gasteiger partial charge on any atom is 0.292 e. The number of benzene rings is 4. The number of H-pyrrole nitrogens is 2. The summed E-state index contributed by atoms with van der Waals surface area (Å²) in [6.07, 6.45) is 8.15. The second-order valence-electron chi connectivity index (χ2n) is 12.6. The quantitative estimate of drug-likeness (QED) is 0.0951. The van der Waals surface area contributed by atoms with Crippen molar-refractivity contribution in [1.29, 1.82) is 0 Å². The van der Waals surface area contributed by atoms with E-state index in [0.29, 0.717) is 11.3 Å². The number of aromatic nitrogens is 4. The number of nitrogens with one attached hydrogen (secondary N) is 2. The lowest BCUT2D eigenvalue weighted by Crippen LogP contribution is -1.96. The summed E-state index contributed by atoms with van der Waals surface area (Å²) >= 11 is 0. The van der Waals surface area contributed by atoms with Gasteiger partial charge in [-0.1, -0.05) is 91.0 Å². The van der Waals surface area contributed by atoms with Crippen LogP contribution in [0, 0.1) is 10.1 Å². The second-order valence-corrected chi connectivity index (χ2v) is 12.6.